The summed E-state index contributed by atoms with van der Waals surface area (Å²) < 4.78 is 5.07. The van der Waals surface area contributed by atoms with Crippen LogP contribution in [0.5, 0.6) is 0 Å². The van der Waals surface area contributed by atoms with E-state index >= 15 is 0 Å². The van der Waals surface area contributed by atoms with E-state index in [1.54, 1.807) is 7.11 Å². The predicted molar refractivity (Wildman–Crippen MR) is 52.2 cm³/mol. The van der Waals surface area contributed by atoms with Gasteiger partial charge in [0.25, 0.3) is 0 Å². The van der Waals surface area contributed by atoms with Gasteiger partial charge in [-0.15, -0.1) is 0 Å². The smallest absolute Gasteiger partial charge is 0.0503 e. The quantitative estimate of drug-likeness (QED) is 0.619. The van der Waals surface area contributed by atoms with Gasteiger partial charge < -0.3 is 15.8 Å². The van der Waals surface area contributed by atoms with Crippen molar-refractivity contribution in [1.82, 2.24) is 5.32 Å². The van der Waals surface area contributed by atoms with Gasteiger partial charge in [-0.2, -0.15) is 0 Å². The molecule has 0 heterocycles. The summed E-state index contributed by atoms with van der Waals surface area (Å²) in [4.78, 5) is 0. The fraction of sp³-hybridized carbons (Fsp3) is 1.00. The topological polar surface area (TPSA) is 47.3 Å². The van der Waals surface area contributed by atoms with Gasteiger partial charge in [0.2, 0.25) is 0 Å². The summed E-state index contributed by atoms with van der Waals surface area (Å²) in [5.74, 6) is 0.474. The lowest BCUT2D eigenvalue weighted by atomic mass is 10.0. The lowest BCUT2D eigenvalue weighted by Gasteiger charge is -2.25. The monoisotopic (exact) mass is 174 g/mol. The third-order valence-electron chi connectivity index (χ3n) is 1.92. The molecule has 3 nitrogen and oxygen atoms in total. The van der Waals surface area contributed by atoms with Gasteiger partial charge in [0, 0.05) is 25.7 Å². The predicted octanol–water partition coefficient (Wildman–Crippen LogP) is 0.594. The Kier molecular flexibility index (Phi) is 6.34. The standard InChI is InChI=1S/C9H22N2O/c1-7(2)11-9(5-10)8(3)6-12-4/h7-9,11H,5-6,10H2,1-4H3. The van der Waals surface area contributed by atoms with E-state index in [0.717, 1.165) is 6.61 Å². The highest BCUT2D eigenvalue weighted by atomic mass is 16.5. The van der Waals surface area contributed by atoms with Gasteiger partial charge >= 0.3 is 0 Å². The largest absolute Gasteiger partial charge is 0.384 e. The first-order valence-electron chi connectivity index (χ1n) is 4.56. The van der Waals surface area contributed by atoms with E-state index < -0.39 is 0 Å². The minimum Gasteiger partial charge on any atom is -0.384 e. The molecule has 0 rings (SSSR count). The molecule has 2 atom stereocenters. The molecule has 0 bridgehead atoms. The fourth-order valence-corrected chi connectivity index (χ4v) is 1.27. The molecule has 0 fully saturated rings. The van der Waals surface area contributed by atoms with Crippen molar-refractivity contribution in [3.05, 3.63) is 0 Å². The van der Waals surface area contributed by atoms with Crippen LogP contribution in [0.1, 0.15) is 20.8 Å². The van der Waals surface area contributed by atoms with Crippen molar-refractivity contribution in [1.29, 1.82) is 0 Å². The van der Waals surface area contributed by atoms with Crippen LogP contribution >= 0.6 is 0 Å². The Labute approximate surface area is 75.7 Å². The van der Waals surface area contributed by atoms with Crippen molar-refractivity contribution in [2.45, 2.75) is 32.9 Å². The minimum absolute atomic E-state index is 0.366. The Hall–Kier alpha value is -0.120. The van der Waals surface area contributed by atoms with Crippen molar-refractivity contribution < 1.29 is 4.74 Å². The van der Waals surface area contributed by atoms with Gasteiger partial charge in [-0.25, -0.2) is 0 Å². The fourth-order valence-electron chi connectivity index (χ4n) is 1.27. The summed E-state index contributed by atoms with van der Waals surface area (Å²) in [6.45, 7) is 7.84. The Morgan fingerprint density at radius 3 is 2.25 bits per heavy atom. The zero-order chi connectivity index (χ0) is 9.56. The Balaban J connectivity index is 3.78. The summed E-state index contributed by atoms with van der Waals surface area (Å²) in [7, 11) is 1.72. The number of hydrogen-bond acceptors (Lipinski definition) is 3. The zero-order valence-corrected chi connectivity index (χ0v) is 8.63. The molecular formula is C9H22N2O. The van der Waals surface area contributed by atoms with Crippen LogP contribution in [0.15, 0.2) is 0 Å². The average Bonchev–Trinajstić information content (AvgIpc) is 2.00. The van der Waals surface area contributed by atoms with Crippen LogP contribution in [0.4, 0.5) is 0 Å². The molecule has 0 saturated heterocycles. The van der Waals surface area contributed by atoms with E-state index in [9.17, 15) is 0 Å². The minimum atomic E-state index is 0.366. The van der Waals surface area contributed by atoms with Crippen LogP contribution in [0.3, 0.4) is 0 Å². The Morgan fingerprint density at radius 1 is 1.33 bits per heavy atom. The van der Waals surface area contributed by atoms with Gasteiger partial charge in [-0.1, -0.05) is 20.8 Å². The molecule has 0 aromatic rings. The number of methoxy groups -OCH3 is 1. The second-order valence-corrected chi connectivity index (χ2v) is 3.60. The molecule has 2 unspecified atom stereocenters. The maximum Gasteiger partial charge on any atom is 0.0503 e. The maximum atomic E-state index is 5.63. The van der Waals surface area contributed by atoms with Gasteiger partial charge in [-0.3, -0.25) is 0 Å². The van der Waals surface area contributed by atoms with E-state index in [4.69, 9.17) is 10.5 Å². The molecular weight excluding hydrogens is 152 g/mol. The van der Waals surface area contributed by atoms with E-state index in [1.165, 1.54) is 0 Å². The number of rotatable bonds is 6. The van der Waals surface area contributed by atoms with Crippen molar-refractivity contribution >= 4 is 0 Å². The maximum absolute atomic E-state index is 5.63. The number of nitrogens with two attached hydrogens (primary N) is 1. The van der Waals surface area contributed by atoms with Crippen molar-refractivity contribution in [2.24, 2.45) is 11.7 Å². The molecule has 0 aromatic heterocycles. The highest BCUT2D eigenvalue weighted by molar-refractivity contribution is 4.75. The van der Waals surface area contributed by atoms with Crippen molar-refractivity contribution in [3.63, 3.8) is 0 Å². The summed E-state index contributed by atoms with van der Waals surface area (Å²) in [6.07, 6.45) is 0. The molecule has 3 N–H and O–H groups in total. The first-order valence-corrected chi connectivity index (χ1v) is 4.56. The van der Waals surface area contributed by atoms with Gasteiger partial charge in [0.05, 0.1) is 6.61 Å². The first kappa shape index (κ1) is 11.9. The lowest BCUT2D eigenvalue weighted by Crippen LogP contribution is -2.45. The molecule has 0 amide bonds. The summed E-state index contributed by atoms with van der Waals surface area (Å²) >= 11 is 0. The molecule has 0 radical (unpaired) electrons. The van der Waals surface area contributed by atoms with Crippen LogP contribution < -0.4 is 11.1 Å². The number of ether oxygens (including phenoxy) is 1. The lowest BCUT2D eigenvalue weighted by molar-refractivity contribution is 0.138. The van der Waals surface area contributed by atoms with Crippen LogP contribution in [0, 0.1) is 5.92 Å². The van der Waals surface area contributed by atoms with E-state index in [-0.39, 0.29) is 0 Å². The zero-order valence-electron chi connectivity index (χ0n) is 8.63. The van der Waals surface area contributed by atoms with E-state index in [0.29, 0.717) is 24.5 Å². The molecule has 0 aliphatic rings. The third kappa shape index (κ3) is 4.70. The van der Waals surface area contributed by atoms with E-state index in [2.05, 4.69) is 26.1 Å². The van der Waals surface area contributed by atoms with Gasteiger partial charge in [0.1, 0.15) is 0 Å². The molecule has 0 aliphatic carbocycles. The first-order chi connectivity index (χ1) is 5.61. The van der Waals surface area contributed by atoms with Crippen LogP contribution in [0.25, 0.3) is 0 Å². The summed E-state index contributed by atoms with van der Waals surface area (Å²) in [5, 5.41) is 3.41. The normalized spacial score (nSPS) is 16.5. The van der Waals surface area contributed by atoms with Crippen molar-refractivity contribution in [2.75, 3.05) is 20.3 Å². The van der Waals surface area contributed by atoms with Crippen LogP contribution in [-0.4, -0.2) is 32.3 Å². The highest BCUT2D eigenvalue weighted by Crippen LogP contribution is 2.02. The van der Waals surface area contributed by atoms with E-state index in [1.807, 2.05) is 0 Å². The average molecular weight is 174 g/mol. The molecule has 3 heteroatoms. The second-order valence-electron chi connectivity index (χ2n) is 3.60. The Morgan fingerprint density at radius 2 is 1.92 bits per heavy atom. The van der Waals surface area contributed by atoms with Crippen LogP contribution in [-0.2, 0) is 4.74 Å². The second kappa shape index (κ2) is 6.40. The molecule has 0 spiro atoms. The highest BCUT2D eigenvalue weighted by Gasteiger charge is 2.15. The third-order valence-corrected chi connectivity index (χ3v) is 1.92. The molecule has 12 heavy (non-hydrogen) atoms. The molecule has 0 aromatic carbocycles. The number of hydrogen-bond donors (Lipinski definition) is 2. The number of nitrogens with one attached hydrogen (secondary N) is 1. The summed E-state index contributed by atoms with van der Waals surface area (Å²) in [5.41, 5.74) is 5.63. The molecule has 0 saturated carbocycles. The molecule has 74 valence electrons. The Bertz CT molecular complexity index is 107. The molecule has 0 aliphatic heterocycles. The van der Waals surface area contributed by atoms with Crippen LogP contribution in [0.2, 0.25) is 0 Å². The summed E-state index contributed by atoms with van der Waals surface area (Å²) in [6, 6.07) is 0.850. The van der Waals surface area contributed by atoms with Gasteiger partial charge in [-0.05, 0) is 5.92 Å². The SMILES string of the molecule is COCC(C)C(CN)NC(C)C. The van der Waals surface area contributed by atoms with Crippen molar-refractivity contribution in [3.8, 4) is 0 Å². The van der Waals surface area contributed by atoms with Gasteiger partial charge in [0.15, 0.2) is 0 Å².